The van der Waals surface area contributed by atoms with Crippen LogP contribution in [0.5, 0.6) is 5.75 Å². The number of carbonyl (C=O) groups is 1. The Kier molecular flexibility index (Phi) is 11.8. The summed E-state index contributed by atoms with van der Waals surface area (Å²) in [5.41, 5.74) is 4.33. The number of allylic oxidation sites excluding steroid dienone is 4. The fraction of sp³-hybridized carbons (Fsp3) is 0.675. The number of amides is 1. The minimum Gasteiger partial charge on any atom is -0.491 e. The van der Waals surface area contributed by atoms with Crippen LogP contribution in [0.25, 0.3) is 0 Å². The summed E-state index contributed by atoms with van der Waals surface area (Å²) < 4.78 is 28.3. The van der Waals surface area contributed by atoms with Crippen molar-refractivity contribution in [1.82, 2.24) is 14.5 Å². The number of ether oxygens (including phenoxy) is 2. The normalized spacial score (nSPS) is 35.3. The number of alkyl halides is 1. The van der Waals surface area contributed by atoms with Crippen molar-refractivity contribution in [2.24, 2.45) is 29.6 Å². The Morgan fingerprint density at radius 1 is 1.04 bits per heavy atom. The molecule has 1 aromatic rings. The lowest BCUT2D eigenvalue weighted by molar-refractivity contribution is -0.0782. The van der Waals surface area contributed by atoms with Crippen molar-refractivity contribution in [1.29, 1.82) is 0 Å². The predicted molar refractivity (Wildman–Crippen MR) is 203 cm³/mol. The quantitative estimate of drug-likeness (QED) is 0.277. The zero-order valence-electron chi connectivity index (χ0n) is 30.2. The minimum atomic E-state index is -1.49. The molecular formula is C40H57ClN4O4S. The number of anilines is 1. The molecule has 4 aliphatic heterocycles. The van der Waals surface area contributed by atoms with Crippen molar-refractivity contribution < 1.29 is 18.5 Å². The molecule has 10 heteroatoms. The van der Waals surface area contributed by atoms with Gasteiger partial charge < -0.3 is 19.3 Å². The number of piperazine rings is 1. The lowest BCUT2D eigenvalue weighted by atomic mass is 9.66. The van der Waals surface area contributed by atoms with Gasteiger partial charge in [-0.1, -0.05) is 50.1 Å². The Bertz CT molecular complexity index is 1490. The van der Waals surface area contributed by atoms with Crippen LogP contribution in [-0.2, 0) is 15.7 Å². The highest BCUT2D eigenvalue weighted by Crippen LogP contribution is 2.45. The van der Waals surface area contributed by atoms with Gasteiger partial charge in [-0.3, -0.25) is 14.4 Å². The number of hydrogen-bond acceptors (Lipinski definition) is 7. The standard InChI is InChI=1S/C40H57ClN4O4S/c1-4-6-29-19-34(41)11-13-36(29)33-23-45-22-32-9-12-37(32)31(21-43-15-17-44(18-16-43)35-25-48-26-35)8-5-7-27(2)28(3)50(47)42-40(46)30-10-14-39(49-24-33)38(45)20-30/h5,8,10-11,13-14,20,27-28,31-35,37H,4,6-7,9,12,15-19,21-26H2,1-3H3,(H,42,46)/b8-5+. The average molecular weight is 725 g/mol. The molecule has 274 valence electrons. The number of nitrogens with one attached hydrogen (secondary N) is 1. The van der Waals surface area contributed by atoms with Gasteiger partial charge >= 0.3 is 0 Å². The number of carbonyl (C=O) groups excluding carboxylic acids is 1. The summed E-state index contributed by atoms with van der Waals surface area (Å²) in [5, 5.41) is -0.126. The number of fused-ring (bicyclic) bond motifs is 2. The highest BCUT2D eigenvalue weighted by Gasteiger charge is 2.40. The Morgan fingerprint density at radius 3 is 2.58 bits per heavy atom. The Hall–Kier alpha value is -2.17. The number of hydrogen-bond donors (Lipinski definition) is 1. The molecule has 7 rings (SSSR count). The first-order valence-corrected chi connectivity index (χ1v) is 20.9. The topological polar surface area (TPSA) is 74.3 Å². The van der Waals surface area contributed by atoms with E-state index >= 15 is 0 Å². The molecule has 1 saturated carbocycles. The van der Waals surface area contributed by atoms with Crippen LogP contribution in [0.2, 0.25) is 0 Å². The molecule has 2 aliphatic carbocycles. The van der Waals surface area contributed by atoms with Gasteiger partial charge in [0.05, 0.1) is 42.2 Å². The molecular weight excluding hydrogens is 668 g/mol. The van der Waals surface area contributed by atoms with Gasteiger partial charge in [0.15, 0.2) is 0 Å². The molecule has 6 aliphatic rings. The van der Waals surface area contributed by atoms with Gasteiger partial charge in [0.1, 0.15) is 16.7 Å². The molecule has 50 heavy (non-hydrogen) atoms. The molecule has 4 heterocycles. The second kappa shape index (κ2) is 16.2. The first-order chi connectivity index (χ1) is 24.3. The van der Waals surface area contributed by atoms with E-state index in [9.17, 15) is 9.00 Å². The molecule has 3 fully saturated rings. The average Bonchev–Trinajstić information content (AvgIpc) is 3.25. The van der Waals surface area contributed by atoms with Gasteiger partial charge in [-0.15, -0.1) is 11.6 Å². The Morgan fingerprint density at radius 2 is 1.86 bits per heavy atom. The van der Waals surface area contributed by atoms with Crippen LogP contribution in [0.3, 0.4) is 0 Å². The van der Waals surface area contributed by atoms with Crippen LogP contribution in [0, 0.1) is 29.6 Å². The number of benzene rings is 1. The number of rotatable bonds is 6. The second-order valence-corrected chi connectivity index (χ2v) is 17.9. The first-order valence-electron chi connectivity index (χ1n) is 19.3. The SMILES string of the molecule is CCCC1=C(C2COc3ccc4cc3N(C2)CC2CCC2C(CN2CCN(C3COC3)CC2)/C=C/CC(C)C(C)S(=O)NC4=O)C=CC(Cl)C1. The van der Waals surface area contributed by atoms with E-state index < -0.39 is 11.0 Å². The van der Waals surface area contributed by atoms with E-state index in [1.807, 2.05) is 25.1 Å². The van der Waals surface area contributed by atoms with Crippen molar-refractivity contribution in [3.63, 3.8) is 0 Å². The van der Waals surface area contributed by atoms with Crippen molar-refractivity contribution in [3.8, 4) is 5.75 Å². The molecule has 0 radical (unpaired) electrons. The van der Waals surface area contributed by atoms with E-state index in [0.29, 0.717) is 36.0 Å². The highest BCUT2D eigenvalue weighted by molar-refractivity contribution is 7.84. The van der Waals surface area contributed by atoms with Crippen LogP contribution < -0.4 is 14.4 Å². The lowest BCUT2D eigenvalue weighted by Crippen LogP contribution is -2.57. The monoisotopic (exact) mass is 724 g/mol. The molecule has 0 aromatic heterocycles. The van der Waals surface area contributed by atoms with E-state index in [1.165, 1.54) is 24.0 Å². The van der Waals surface area contributed by atoms with Gasteiger partial charge in [-0.05, 0) is 86.5 Å². The van der Waals surface area contributed by atoms with Crippen molar-refractivity contribution in [2.75, 3.05) is 70.5 Å². The molecule has 8 unspecified atom stereocenters. The third-order valence-corrected chi connectivity index (χ3v) is 14.3. The summed E-state index contributed by atoms with van der Waals surface area (Å²) >= 11 is 6.63. The van der Waals surface area contributed by atoms with E-state index in [0.717, 1.165) is 96.1 Å². The van der Waals surface area contributed by atoms with Crippen LogP contribution >= 0.6 is 11.6 Å². The molecule has 2 bridgehead atoms. The summed E-state index contributed by atoms with van der Waals surface area (Å²) in [5.74, 6) is 2.52. The molecule has 2 saturated heterocycles. The van der Waals surface area contributed by atoms with Crippen LogP contribution in [0.4, 0.5) is 5.69 Å². The zero-order chi connectivity index (χ0) is 34.8. The maximum atomic E-state index is 13.5. The number of halogens is 1. The summed E-state index contributed by atoms with van der Waals surface area (Å²) in [6.07, 6.45) is 15.6. The smallest absolute Gasteiger partial charge is 0.263 e. The second-order valence-electron chi connectivity index (χ2n) is 15.8. The van der Waals surface area contributed by atoms with Gasteiger partial charge in [0.2, 0.25) is 0 Å². The lowest BCUT2D eigenvalue weighted by Gasteiger charge is -2.47. The highest BCUT2D eigenvalue weighted by atomic mass is 35.5. The molecule has 0 spiro atoms. The maximum Gasteiger partial charge on any atom is 0.263 e. The minimum absolute atomic E-state index is 0.0420. The Balaban J connectivity index is 1.18. The largest absolute Gasteiger partial charge is 0.491 e. The zero-order valence-corrected chi connectivity index (χ0v) is 31.8. The number of nitrogens with zero attached hydrogens (tertiary/aromatic N) is 3. The summed E-state index contributed by atoms with van der Waals surface area (Å²) in [4.78, 5) is 21.3. The van der Waals surface area contributed by atoms with E-state index in [4.69, 9.17) is 21.1 Å². The van der Waals surface area contributed by atoms with Crippen molar-refractivity contribution in [3.05, 3.63) is 59.2 Å². The fourth-order valence-electron chi connectivity index (χ4n) is 8.88. The van der Waals surface area contributed by atoms with E-state index in [2.05, 4.69) is 57.6 Å². The summed E-state index contributed by atoms with van der Waals surface area (Å²) in [6.45, 7) is 16.0. The summed E-state index contributed by atoms with van der Waals surface area (Å²) in [7, 11) is -1.49. The fourth-order valence-corrected chi connectivity index (χ4v) is 10.2. The van der Waals surface area contributed by atoms with Crippen LogP contribution in [0.15, 0.2) is 53.6 Å². The molecule has 1 N–H and O–H groups in total. The van der Waals surface area contributed by atoms with E-state index in [1.54, 1.807) is 0 Å². The van der Waals surface area contributed by atoms with Gasteiger partial charge in [-0.2, -0.15) is 0 Å². The third-order valence-electron chi connectivity index (χ3n) is 12.5. The van der Waals surface area contributed by atoms with Crippen LogP contribution in [0.1, 0.15) is 69.7 Å². The molecule has 1 amide bonds. The van der Waals surface area contributed by atoms with Gasteiger partial charge in [-0.25, -0.2) is 4.21 Å². The third kappa shape index (κ3) is 8.07. The van der Waals surface area contributed by atoms with Crippen molar-refractivity contribution >= 4 is 34.2 Å². The maximum absolute atomic E-state index is 13.5. The van der Waals surface area contributed by atoms with E-state index in [-0.39, 0.29) is 28.4 Å². The first kappa shape index (κ1) is 36.2. The summed E-state index contributed by atoms with van der Waals surface area (Å²) in [6, 6.07) is 6.36. The molecule has 8 nitrogen and oxygen atoms in total. The van der Waals surface area contributed by atoms with Crippen LogP contribution in [-0.4, -0.2) is 102 Å². The van der Waals surface area contributed by atoms with Gasteiger partial charge in [0.25, 0.3) is 5.91 Å². The Labute approximate surface area is 307 Å². The van der Waals surface area contributed by atoms with Gasteiger partial charge in [0, 0.05) is 57.3 Å². The predicted octanol–water partition coefficient (Wildman–Crippen LogP) is 6.20. The molecule has 8 atom stereocenters. The van der Waals surface area contributed by atoms with Crippen molar-refractivity contribution in [2.45, 2.75) is 76.0 Å². The molecule has 1 aromatic carbocycles.